The maximum absolute atomic E-state index is 12.8. The van der Waals surface area contributed by atoms with Crippen molar-refractivity contribution in [2.45, 2.75) is 39.2 Å². The molecule has 0 amide bonds. The number of hydrogen-bond acceptors (Lipinski definition) is 5. The molecule has 5 heteroatoms. The minimum Gasteiger partial charge on any atom is -0.456 e. The summed E-state index contributed by atoms with van der Waals surface area (Å²) in [6, 6.07) is 14.0. The molecule has 26 heavy (non-hydrogen) atoms. The van der Waals surface area contributed by atoms with Crippen LogP contribution in [-0.2, 0) is 4.74 Å². The summed E-state index contributed by atoms with van der Waals surface area (Å²) in [4.78, 5) is 25.6. The fourth-order valence-electron chi connectivity index (χ4n) is 2.91. The lowest BCUT2D eigenvalue weighted by Crippen LogP contribution is -2.37. The summed E-state index contributed by atoms with van der Waals surface area (Å²) in [6.45, 7) is 4.76. The van der Waals surface area contributed by atoms with Crippen LogP contribution in [0.5, 0.6) is 5.75 Å². The minimum atomic E-state index is -1.03. The van der Waals surface area contributed by atoms with Gasteiger partial charge in [-0.2, -0.15) is 0 Å². The summed E-state index contributed by atoms with van der Waals surface area (Å²) in [5, 5.41) is 3.20. The largest absolute Gasteiger partial charge is 0.456 e. The lowest BCUT2D eigenvalue weighted by Gasteiger charge is -2.18. The molecule has 0 radical (unpaired) electrons. The summed E-state index contributed by atoms with van der Waals surface area (Å²) >= 11 is 0. The molecule has 0 spiro atoms. The normalized spacial score (nSPS) is 16.8. The molecule has 3 rings (SSSR count). The number of rotatable bonds is 8. The average Bonchev–Trinajstić information content (AvgIpc) is 2.98. The second-order valence-corrected chi connectivity index (χ2v) is 6.27. The Morgan fingerprint density at radius 3 is 2.69 bits per heavy atom. The van der Waals surface area contributed by atoms with Crippen molar-refractivity contribution in [3.8, 4) is 5.75 Å². The van der Waals surface area contributed by atoms with Crippen molar-refractivity contribution < 1.29 is 19.1 Å². The summed E-state index contributed by atoms with van der Waals surface area (Å²) in [5.41, 5.74) is 1.18. The molecule has 1 heterocycles. The number of unbranched alkanes of at least 4 members (excludes halogenated alkanes) is 1. The van der Waals surface area contributed by atoms with E-state index >= 15 is 0 Å². The van der Waals surface area contributed by atoms with E-state index in [1.54, 1.807) is 42.5 Å². The Bertz CT molecular complexity index is 788. The van der Waals surface area contributed by atoms with E-state index in [0.717, 1.165) is 19.4 Å². The number of carbonyl (C=O) groups excluding carboxylic acids is 2. The maximum atomic E-state index is 12.8. The van der Waals surface area contributed by atoms with Crippen molar-refractivity contribution in [3.05, 3.63) is 65.2 Å². The van der Waals surface area contributed by atoms with Crippen LogP contribution in [-0.4, -0.2) is 30.6 Å². The molecule has 2 atom stereocenters. The summed E-state index contributed by atoms with van der Waals surface area (Å²) in [7, 11) is 0. The number of benzene rings is 2. The molecule has 0 aromatic heterocycles. The summed E-state index contributed by atoms with van der Waals surface area (Å²) in [6.07, 6.45) is 0.759. The first-order valence-electron chi connectivity index (χ1n) is 8.94. The zero-order chi connectivity index (χ0) is 18.5. The van der Waals surface area contributed by atoms with Gasteiger partial charge in [0.05, 0.1) is 5.56 Å². The second kappa shape index (κ2) is 8.25. The lowest BCUT2D eigenvalue weighted by molar-refractivity contribution is -0.0907. The fraction of sp³-hybridized carbons (Fsp3) is 0.333. The van der Waals surface area contributed by atoms with Crippen LogP contribution < -0.4 is 10.1 Å². The number of hydrogen-bond donors (Lipinski definition) is 1. The van der Waals surface area contributed by atoms with Crippen LogP contribution >= 0.6 is 0 Å². The van der Waals surface area contributed by atoms with Crippen LogP contribution in [0.4, 0.5) is 0 Å². The highest BCUT2D eigenvalue weighted by atomic mass is 16.7. The molecule has 0 saturated carbocycles. The zero-order valence-electron chi connectivity index (χ0n) is 15.0. The van der Waals surface area contributed by atoms with E-state index in [1.807, 2.05) is 13.0 Å². The quantitative estimate of drug-likeness (QED) is 0.446. The van der Waals surface area contributed by atoms with Crippen LogP contribution in [0.3, 0.4) is 0 Å². The van der Waals surface area contributed by atoms with E-state index in [4.69, 9.17) is 9.47 Å². The van der Waals surface area contributed by atoms with Gasteiger partial charge in [0.15, 0.2) is 5.78 Å². The van der Waals surface area contributed by atoms with Crippen molar-refractivity contribution in [3.63, 3.8) is 0 Å². The van der Waals surface area contributed by atoms with Gasteiger partial charge in [0, 0.05) is 11.1 Å². The molecule has 1 aliphatic rings. The molecular formula is C21H23NO4. The van der Waals surface area contributed by atoms with E-state index in [2.05, 4.69) is 12.2 Å². The smallest absolute Gasteiger partial charge is 0.266 e. The Morgan fingerprint density at radius 2 is 1.96 bits per heavy atom. The van der Waals surface area contributed by atoms with Crippen molar-refractivity contribution in [2.75, 3.05) is 6.54 Å². The van der Waals surface area contributed by atoms with Gasteiger partial charge in [0.25, 0.3) is 6.29 Å². The number of ketones is 2. The first-order chi connectivity index (χ1) is 12.6. The van der Waals surface area contributed by atoms with Crippen molar-refractivity contribution in [2.24, 2.45) is 0 Å². The molecule has 2 unspecified atom stereocenters. The first-order valence-corrected chi connectivity index (χ1v) is 8.94. The predicted molar refractivity (Wildman–Crippen MR) is 98.5 cm³/mol. The number of fused-ring (bicyclic) bond motifs is 1. The molecule has 1 aliphatic heterocycles. The van der Waals surface area contributed by atoms with Crippen molar-refractivity contribution in [1.82, 2.24) is 5.32 Å². The summed E-state index contributed by atoms with van der Waals surface area (Å²) in [5.74, 6) is -0.124. The Labute approximate surface area is 153 Å². The first kappa shape index (κ1) is 18.3. The van der Waals surface area contributed by atoms with Crippen LogP contribution in [0.25, 0.3) is 0 Å². The van der Waals surface area contributed by atoms with Crippen molar-refractivity contribution >= 4 is 11.6 Å². The predicted octanol–water partition coefficient (Wildman–Crippen LogP) is 3.57. The Balaban J connectivity index is 1.77. The maximum Gasteiger partial charge on any atom is 0.266 e. The van der Waals surface area contributed by atoms with Gasteiger partial charge < -0.3 is 9.47 Å². The van der Waals surface area contributed by atoms with Gasteiger partial charge in [-0.05, 0) is 26.0 Å². The summed E-state index contributed by atoms with van der Waals surface area (Å²) < 4.78 is 11.4. The minimum absolute atomic E-state index is 0.200. The molecule has 1 N–H and O–H groups in total. The third-order valence-corrected chi connectivity index (χ3v) is 4.29. The third kappa shape index (κ3) is 3.84. The molecule has 2 aromatic rings. The molecule has 136 valence electrons. The van der Waals surface area contributed by atoms with E-state index < -0.39 is 6.29 Å². The monoisotopic (exact) mass is 353 g/mol. The molecule has 2 aromatic carbocycles. The second-order valence-electron chi connectivity index (χ2n) is 6.27. The Hall–Kier alpha value is -2.50. The third-order valence-electron chi connectivity index (χ3n) is 4.29. The van der Waals surface area contributed by atoms with Gasteiger partial charge in [0.2, 0.25) is 5.78 Å². The van der Waals surface area contributed by atoms with E-state index in [1.165, 1.54) is 0 Å². The van der Waals surface area contributed by atoms with Crippen LogP contribution in [0.1, 0.15) is 53.0 Å². The molecular weight excluding hydrogens is 330 g/mol. The SMILES string of the molecule is CCCCNC(C)OC1Oc2cccc(C(=O)c3ccccc3)c2C1=O. The average molecular weight is 353 g/mol. The van der Waals surface area contributed by atoms with Gasteiger partial charge in [-0.3, -0.25) is 14.9 Å². The topological polar surface area (TPSA) is 64.6 Å². The van der Waals surface area contributed by atoms with Crippen LogP contribution in [0, 0.1) is 0 Å². The van der Waals surface area contributed by atoms with E-state index in [0.29, 0.717) is 22.4 Å². The highest BCUT2D eigenvalue weighted by molar-refractivity contribution is 6.18. The number of nitrogens with one attached hydrogen (secondary N) is 1. The van der Waals surface area contributed by atoms with Gasteiger partial charge in [0.1, 0.15) is 12.0 Å². The molecule has 0 bridgehead atoms. The van der Waals surface area contributed by atoms with E-state index in [-0.39, 0.29) is 17.8 Å². The van der Waals surface area contributed by atoms with Gasteiger partial charge in [-0.1, -0.05) is 55.8 Å². The Morgan fingerprint density at radius 1 is 1.19 bits per heavy atom. The number of carbonyl (C=O) groups is 2. The number of Topliss-reactive ketones (excluding diaryl/α,β-unsaturated/α-hetero) is 1. The lowest BCUT2D eigenvalue weighted by atomic mass is 9.96. The van der Waals surface area contributed by atoms with Crippen LogP contribution in [0.2, 0.25) is 0 Å². The Kier molecular flexibility index (Phi) is 5.81. The highest BCUT2D eigenvalue weighted by Gasteiger charge is 2.37. The zero-order valence-corrected chi connectivity index (χ0v) is 15.0. The molecule has 0 aliphatic carbocycles. The molecule has 0 saturated heterocycles. The number of ether oxygens (including phenoxy) is 2. The van der Waals surface area contributed by atoms with Gasteiger partial charge in [-0.25, -0.2) is 0 Å². The molecule has 5 nitrogen and oxygen atoms in total. The van der Waals surface area contributed by atoms with Gasteiger partial charge >= 0.3 is 0 Å². The highest BCUT2D eigenvalue weighted by Crippen LogP contribution is 2.33. The van der Waals surface area contributed by atoms with Crippen molar-refractivity contribution in [1.29, 1.82) is 0 Å². The standard InChI is InChI=1S/C21H23NO4/c1-3-4-13-22-14(2)25-21-20(24)18-16(11-8-12-17(18)26-21)19(23)15-9-6-5-7-10-15/h5-12,14,21-22H,3-4,13H2,1-2H3. The van der Waals surface area contributed by atoms with E-state index in [9.17, 15) is 9.59 Å². The van der Waals surface area contributed by atoms with Gasteiger partial charge in [-0.15, -0.1) is 0 Å². The fourth-order valence-corrected chi connectivity index (χ4v) is 2.91. The molecule has 0 fully saturated rings. The van der Waals surface area contributed by atoms with Crippen LogP contribution in [0.15, 0.2) is 48.5 Å².